The van der Waals surface area contributed by atoms with Crippen LogP contribution in [0.2, 0.25) is 0 Å². The van der Waals surface area contributed by atoms with Crippen LogP contribution in [-0.2, 0) is 0 Å². The van der Waals surface area contributed by atoms with Gasteiger partial charge in [0, 0.05) is 33.2 Å². The highest BCUT2D eigenvalue weighted by Gasteiger charge is 2.24. The van der Waals surface area contributed by atoms with Gasteiger partial charge in [0.2, 0.25) is 0 Å². The van der Waals surface area contributed by atoms with Gasteiger partial charge in [-0.25, -0.2) is 0 Å². The topological polar surface area (TPSA) is 16.4 Å². The minimum absolute atomic E-state index is 0.879. The first kappa shape index (κ1) is 38.9. The van der Waals surface area contributed by atoms with Crippen molar-refractivity contribution in [3.63, 3.8) is 0 Å². The quantitative estimate of drug-likeness (QED) is 0.144. The largest absolute Gasteiger partial charge is 0.455 e. The average Bonchev–Trinajstić information content (AvgIpc) is 3.79. The number of hydrogen-bond acceptors (Lipinski definition) is 2. The zero-order chi connectivity index (χ0) is 43.8. The Morgan fingerprint density at radius 3 is 1.38 bits per heavy atom. The molecule has 0 amide bonds. The molecule has 0 aliphatic carbocycles. The predicted octanol–water partition coefficient (Wildman–Crippen LogP) is 18.2. The van der Waals surface area contributed by atoms with E-state index in [1.807, 2.05) is 6.07 Å². The van der Waals surface area contributed by atoms with Gasteiger partial charge in [-0.15, -0.1) is 0 Å². The van der Waals surface area contributed by atoms with Crippen molar-refractivity contribution in [3.05, 3.63) is 261 Å². The summed E-state index contributed by atoms with van der Waals surface area (Å²) in [5.74, 6) is 0. The summed E-state index contributed by atoms with van der Waals surface area (Å²) >= 11 is 0. The SMILES string of the molecule is c1ccc(-c2ccccc2-c2ccccc2-c2ccccc2N(c2ccc(-c3ccc(-c4cccc5ccccc45)cc3)cc2)c2ccccc2-c2cccc3c2oc2ccccc23)cc1. The predicted molar refractivity (Wildman–Crippen MR) is 279 cm³/mol. The summed E-state index contributed by atoms with van der Waals surface area (Å²) in [5.41, 5.74) is 18.8. The number of nitrogens with zero attached hydrogens (tertiary/aromatic N) is 1. The molecule has 0 atom stereocenters. The molecule has 66 heavy (non-hydrogen) atoms. The highest BCUT2D eigenvalue weighted by atomic mass is 16.3. The van der Waals surface area contributed by atoms with Gasteiger partial charge in [-0.2, -0.15) is 0 Å². The van der Waals surface area contributed by atoms with Crippen molar-refractivity contribution in [3.8, 4) is 66.8 Å². The second-order valence-electron chi connectivity index (χ2n) is 16.8. The van der Waals surface area contributed by atoms with Crippen molar-refractivity contribution >= 4 is 49.8 Å². The van der Waals surface area contributed by atoms with E-state index >= 15 is 0 Å². The molecule has 0 saturated carbocycles. The molecule has 0 N–H and O–H groups in total. The van der Waals surface area contributed by atoms with Gasteiger partial charge in [0.15, 0.2) is 0 Å². The number of fused-ring (bicyclic) bond motifs is 4. The lowest BCUT2D eigenvalue weighted by molar-refractivity contribution is 0.670. The molecule has 12 aromatic rings. The van der Waals surface area contributed by atoms with E-state index in [-0.39, 0.29) is 0 Å². The van der Waals surface area contributed by atoms with Gasteiger partial charge in [-0.05, 0) is 91.2 Å². The van der Waals surface area contributed by atoms with Crippen molar-refractivity contribution < 1.29 is 4.42 Å². The molecule has 0 aliphatic rings. The average molecular weight is 842 g/mol. The molecule has 310 valence electrons. The van der Waals surface area contributed by atoms with Gasteiger partial charge in [-0.3, -0.25) is 0 Å². The zero-order valence-electron chi connectivity index (χ0n) is 36.2. The van der Waals surface area contributed by atoms with Gasteiger partial charge >= 0.3 is 0 Å². The Bertz CT molecular complexity index is 3690. The summed E-state index contributed by atoms with van der Waals surface area (Å²) in [6.45, 7) is 0. The maximum absolute atomic E-state index is 6.69. The highest BCUT2D eigenvalue weighted by molar-refractivity contribution is 6.11. The molecule has 2 heteroatoms. The molecular weight excluding hydrogens is 799 g/mol. The molecular formula is C64H43NO. The van der Waals surface area contributed by atoms with E-state index in [9.17, 15) is 0 Å². The Kier molecular flexibility index (Phi) is 9.89. The molecule has 1 aromatic heterocycles. The lowest BCUT2D eigenvalue weighted by Gasteiger charge is -2.30. The van der Waals surface area contributed by atoms with Crippen LogP contribution >= 0.6 is 0 Å². The van der Waals surface area contributed by atoms with E-state index in [0.717, 1.165) is 66.8 Å². The Labute approximate surface area is 384 Å². The number of para-hydroxylation sites is 4. The monoisotopic (exact) mass is 841 g/mol. The Morgan fingerprint density at radius 1 is 0.242 bits per heavy atom. The van der Waals surface area contributed by atoms with Crippen LogP contribution in [0.15, 0.2) is 265 Å². The summed E-state index contributed by atoms with van der Waals surface area (Å²) in [6, 6.07) is 93.8. The molecule has 12 rings (SSSR count). The van der Waals surface area contributed by atoms with E-state index in [4.69, 9.17) is 4.42 Å². The van der Waals surface area contributed by atoms with E-state index in [1.54, 1.807) is 0 Å². The fourth-order valence-corrected chi connectivity index (χ4v) is 9.82. The fraction of sp³-hybridized carbons (Fsp3) is 0. The van der Waals surface area contributed by atoms with Crippen LogP contribution in [0.3, 0.4) is 0 Å². The van der Waals surface area contributed by atoms with Gasteiger partial charge in [0.1, 0.15) is 11.2 Å². The summed E-state index contributed by atoms with van der Waals surface area (Å²) in [6.07, 6.45) is 0. The van der Waals surface area contributed by atoms with Crippen molar-refractivity contribution in [1.82, 2.24) is 0 Å². The summed E-state index contributed by atoms with van der Waals surface area (Å²) in [5, 5.41) is 4.73. The molecule has 1 heterocycles. The Balaban J connectivity index is 1.02. The van der Waals surface area contributed by atoms with Crippen LogP contribution in [0.4, 0.5) is 17.1 Å². The van der Waals surface area contributed by atoms with E-state index in [1.165, 1.54) is 49.7 Å². The summed E-state index contributed by atoms with van der Waals surface area (Å²) in [4.78, 5) is 2.43. The first-order valence-electron chi connectivity index (χ1n) is 22.6. The van der Waals surface area contributed by atoms with Crippen LogP contribution in [-0.4, -0.2) is 0 Å². The van der Waals surface area contributed by atoms with Crippen molar-refractivity contribution in [1.29, 1.82) is 0 Å². The van der Waals surface area contributed by atoms with Crippen LogP contribution < -0.4 is 4.90 Å². The molecule has 11 aromatic carbocycles. The van der Waals surface area contributed by atoms with Crippen LogP contribution in [0.5, 0.6) is 0 Å². The number of hydrogen-bond donors (Lipinski definition) is 0. The number of rotatable bonds is 9. The molecule has 0 radical (unpaired) electrons. The van der Waals surface area contributed by atoms with Gasteiger partial charge in [0.05, 0.1) is 11.4 Å². The fourth-order valence-electron chi connectivity index (χ4n) is 9.82. The van der Waals surface area contributed by atoms with E-state index in [0.29, 0.717) is 0 Å². The van der Waals surface area contributed by atoms with Gasteiger partial charge in [-0.1, -0.05) is 231 Å². The second kappa shape index (κ2) is 16.8. The number of furan rings is 1. The van der Waals surface area contributed by atoms with Crippen molar-refractivity contribution in [2.24, 2.45) is 0 Å². The van der Waals surface area contributed by atoms with Crippen molar-refractivity contribution in [2.45, 2.75) is 0 Å². The van der Waals surface area contributed by atoms with Crippen LogP contribution in [0.1, 0.15) is 0 Å². The van der Waals surface area contributed by atoms with Gasteiger partial charge in [0.25, 0.3) is 0 Å². The molecule has 0 spiro atoms. The number of benzene rings is 11. The maximum Gasteiger partial charge on any atom is 0.143 e. The minimum atomic E-state index is 0.879. The first-order valence-corrected chi connectivity index (χ1v) is 22.6. The van der Waals surface area contributed by atoms with E-state index < -0.39 is 0 Å². The first-order chi connectivity index (χ1) is 32.8. The summed E-state index contributed by atoms with van der Waals surface area (Å²) in [7, 11) is 0. The third-order valence-electron chi connectivity index (χ3n) is 12.9. The molecule has 0 unspecified atom stereocenters. The number of anilines is 3. The normalized spacial score (nSPS) is 11.3. The van der Waals surface area contributed by atoms with Gasteiger partial charge < -0.3 is 9.32 Å². The smallest absolute Gasteiger partial charge is 0.143 e. The molecule has 0 bridgehead atoms. The molecule has 2 nitrogen and oxygen atoms in total. The highest BCUT2D eigenvalue weighted by Crippen LogP contribution is 2.49. The second-order valence-corrected chi connectivity index (χ2v) is 16.8. The zero-order valence-corrected chi connectivity index (χ0v) is 36.2. The standard InChI is InChI=1S/C64H43NO/c1-2-18-46(19-3-1)52-23-6-7-24-53(52)54-25-8-9-26-55(54)56-27-10-13-33-61(56)65(62-34-14-11-28-57(62)59-31-17-32-60-58-29-12-15-35-63(58)66-64(59)60)49-42-40-45(41-43-49)44-36-38-48(39-37-44)51-30-16-21-47-20-4-5-22-50(47)51/h1-43H. The minimum Gasteiger partial charge on any atom is -0.455 e. The molecule has 0 aliphatic heterocycles. The lowest BCUT2D eigenvalue weighted by Crippen LogP contribution is -2.12. The molecule has 0 saturated heterocycles. The summed E-state index contributed by atoms with van der Waals surface area (Å²) < 4.78 is 6.69. The lowest BCUT2D eigenvalue weighted by atomic mass is 9.88. The molecule has 0 fully saturated rings. The maximum atomic E-state index is 6.69. The Hall–Kier alpha value is -8.72. The van der Waals surface area contributed by atoms with E-state index in [2.05, 4.69) is 260 Å². The van der Waals surface area contributed by atoms with Crippen LogP contribution in [0, 0.1) is 0 Å². The Morgan fingerprint density at radius 2 is 0.667 bits per heavy atom. The van der Waals surface area contributed by atoms with Crippen molar-refractivity contribution in [2.75, 3.05) is 4.90 Å². The third-order valence-corrected chi connectivity index (χ3v) is 12.9. The third kappa shape index (κ3) is 6.93. The van der Waals surface area contributed by atoms with Crippen LogP contribution in [0.25, 0.3) is 99.5 Å².